The molecule has 0 saturated carbocycles. The molecule has 2 heterocycles. The molecule has 0 fully saturated rings. The van der Waals surface area contributed by atoms with Crippen LogP contribution in [0.2, 0.25) is 5.02 Å². The van der Waals surface area contributed by atoms with E-state index >= 15 is 0 Å². The van der Waals surface area contributed by atoms with Crippen LogP contribution >= 0.6 is 11.6 Å². The quantitative estimate of drug-likeness (QED) is 0.726. The lowest BCUT2D eigenvalue weighted by atomic mass is 9.99. The normalized spacial score (nSPS) is 15.7. The van der Waals surface area contributed by atoms with Gasteiger partial charge in [0.15, 0.2) is 5.43 Å². The average molecular weight is 384 g/mol. The summed E-state index contributed by atoms with van der Waals surface area (Å²) < 4.78 is 11.4. The molecule has 0 spiro atoms. The van der Waals surface area contributed by atoms with Gasteiger partial charge in [0.1, 0.15) is 11.3 Å². The molecule has 0 saturated heterocycles. The van der Waals surface area contributed by atoms with Gasteiger partial charge in [0.2, 0.25) is 5.76 Å². The minimum Gasteiger partial charge on any atom is -0.494 e. The summed E-state index contributed by atoms with van der Waals surface area (Å²) in [6, 6.07) is 10.1. The van der Waals surface area contributed by atoms with Crippen LogP contribution in [-0.4, -0.2) is 12.5 Å². The van der Waals surface area contributed by atoms with Crippen LogP contribution in [0.5, 0.6) is 5.75 Å². The largest absolute Gasteiger partial charge is 0.494 e. The maximum Gasteiger partial charge on any atom is 0.288 e. The van der Waals surface area contributed by atoms with Gasteiger partial charge in [-0.1, -0.05) is 30.7 Å². The van der Waals surface area contributed by atoms with Gasteiger partial charge in [0.25, 0.3) is 5.91 Å². The molecule has 1 aliphatic heterocycles. The molecule has 6 heteroatoms. The minimum atomic E-state index is -0.585. The number of halogens is 1. The van der Waals surface area contributed by atoms with Crippen LogP contribution in [0.1, 0.15) is 46.6 Å². The molecular weight excluding hydrogens is 366 g/mol. The Bertz CT molecular complexity index is 1120. The van der Waals surface area contributed by atoms with Crippen LogP contribution in [0.4, 0.5) is 0 Å². The number of fused-ring (bicyclic) bond motifs is 2. The average Bonchev–Trinajstić information content (AvgIpc) is 2.99. The first-order chi connectivity index (χ1) is 13.0. The zero-order valence-corrected chi connectivity index (χ0v) is 15.7. The first kappa shape index (κ1) is 17.6. The predicted molar refractivity (Wildman–Crippen MR) is 104 cm³/mol. The highest BCUT2D eigenvalue weighted by Crippen LogP contribution is 2.33. The van der Waals surface area contributed by atoms with Crippen molar-refractivity contribution in [2.24, 2.45) is 0 Å². The fourth-order valence-electron chi connectivity index (χ4n) is 3.28. The Balaban J connectivity index is 1.87. The molecule has 4 rings (SSSR count). The van der Waals surface area contributed by atoms with Crippen LogP contribution in [0.15, 0.2) is 45.6 Å². The lowest BCUT2D eigenvalue weighted by molar-refractivity contribution is 0.0938. The Morgan fingerprint density at radius 2 is 2.04 bits per heavy atom. The van der Waals surface area contributed by atoms with E-state index in [1.165, 1.54) is 0 Å². The molecular formula is C21H18ClNO4. The van der Waals surface area contributed by atoms with Gasteiger partial charge in [-0.15, -0.1) is 0 Å². The van der Waals surface area contributed by atoms with E-state index in [0.717, 1.165) is 17.5 Å². The summed E-state index contributed by atoms with van der Waals surface area (Å²) in [5.41, 5.74) is 1.96. The SMILES string of the molecule is CCCOc1cccc(C2NC(=O)c3oc4cc(C)c(Cl)cc4c(=O)c32)c1. The van der Waals surface area contributed by atoms with Crippen LogP contribution in [0.3, 0.4) is 0 Å². The van der Waals surface area contributed by atoms with E-state index in [-0.39, 0.29) is 11.2 Å². The second-order valence-electron chi connectivity index (χ2n) is 6.60. The van der Waals surface area contributed by atoms with E-state index in [4.69, 9.17) is 20.8 Å². The van der Waals surface area contributed by atoms with E-state index in [2.05, 4.69) is 5.32 Å². The second kappa shape index (κ2) is 6.74. The van der Waals surface area contributed by atoms with Crippen molar-refractivity contribution in [2.45, 2.75) is 26.3 Å². The molecule has 2 aromatic carbocycles. The van der Waals surface area contributed by atoms with Crippen molar-refractivity contribution >= 4 is 28.5 Å². The minimum absolute atomic E-state index is 0.0547. The fraction of sp³-hybridized carbons (Fsp3) is 0.238. The summed E-state index contributed by atoms with van der Waals surface area (Å²) in [6.45, 7) is 4.45. The zero-order valence-electron chi connectivity index (χ0n) is 15.0. The van der Waals surface area contributed by atoms with E-state index in [0.29, 0.717) is 33.9 Å². The maximum absolute atomic E-state index is 13.1. The van der Waals surface area contributed by atoms with E-state index in [1.807, 2.05) is 38.1 Å². The van der Waals surface area contributed by atoms with Gasteiger partial charge in [-0.25, -0.2) is 0 Å². The Kier molecular flexibility index (Phi) is 4.40. The molecule has 27 heavy (non-hydrogen) atoms. The molecule has 1 aromatic heterocycles. The first-order valence-corrected chi connectivity index (χ1v) is 9.18. The van der Waals surface area contributed by atoms with Crippen molar-refractivity contribution in [1.82, 2.24) is 5.32 Å². The van der Waals surface area contributed by atoms with Crippen molar-refractivity contribution in [3.8, 4) is 5.75 Å². The zero-order chi connectivity index (χ0) is 19.1. The van der Waals surface area contributed by atoms with Crippen LogP contribution in [-0.2, 0) is 0 Å². The number of amides is 1. The Labute approximate surface area is 160 Å². The topological polar surface area (TPSA) is 68.5 Å². The van der Waals surface area contributed by atoms with Crippen molar-refractivity contribution < 1.29 is 13.9 Å². The third-order valence-electron chi connectivity index (χ3n) is 4.64. The van der Waals surface area contributed by atoms with Crippen LogP contribution in [0, 0.1) is 6.92 Å². The number of carbonyl (C=O) groups is 1. The second-order valence-corrected chi connectivity index (χ2v) is 7.01. The van der Waals surface area contributed by atoms with Crippen LogP contribution < -0.4 is 15.5 Å². The maximum atomic E-state index is 13.1. The van der Waals surface area contributed by atoms with Crippen molar-refractivity contribution in [3.63, 3.8) is 0 Å². The Morgan fingerprint density at radius 3 is 2.81 bits per heavy atom. The van der Waals surface area contributed by atoms with E-state index < -0.39 is 11.9 Å². The summed E-state index contributed by atoms with van der Waals surface area (Å²) in [5, 5.41) is 3.69. The molecule has 1 unspecified atom stereocenters. The first-order valence-electron chi connectivity index (χ1n) is 8.80. The molecule has 5 nitrogen and oxygen atoms in total. The third-order valence-corrected chi connectivity index (χ3v) is 5.05. The van der Waals surface area contributed by atoms with Gasteiger partial charge in [-0.2, -0.15) is 0 Å². The Morgan fingerprint density at radius 1 is 1.22 bits per heavy atom. The highest BCUT2D eigenvalue weighted by atomic mass is 35.5. The number of hydrogen-bond acceptors (Lipinski definition) is 4. The summed E-state index contributed by atoms with van der Waals surface area (Å²) in [4.78, 5) is 25.6. The number of benzene rings is 2. The molecule has 1 aliphatic rings. The van der Waals surface area contributed by atoms with Crippen molar-refractivity contribution in [2.75, 3.05) is 6.61 Å². The van der Waals surface area contributed by atoms with Gasteiger partial charge in [0.05, 0.1) is 23.6 Å². The smallest absolute Gasteiger partial charge is 0.288 e. The van der Waals surface area contributed by atoms with Gasteiger partial charge < -0.3 is 14.5 Å². The van der Waals surface area contributed by atoms with Gasteiger partial charge in [-0.05, 0) is 48.7 Å². The standard InChI is InChI=1S/C21H18ClNO4/c1-3-7-26-13-6-4-5-12(9-13)18-17-19(24)14-10-15(22)11(2)8-16(14)27-20(17)21(25)23-18/h4-6,8-10,18H,3,7H2,1-2H3,(H,23,25). The van der Waals surface area contributed by atoms with Gasteiger partial charge in [0, 0.05) is 5.02 Å². The lowest BCUT2D eigenvalue weighted by Gasteiger charge is -2.13. The fourth-order valence-corrected chi connectivity index (χ4v) is 3.45. The molecule has 1 atom stereocenters. The summed E-state index contributed by atoms with van der Waals surface area (Å²) >= 11 is 6.18. The molecule has 1 N–H and O–H groups in total. The predicted octanol–water partition coefficient (Wildman–Crippen LogP) is 4.38. The Hall–Kier alpha value is -2.79. The number of nitrogens with one attached hydrogen (secondary N) is 1. The molecule has 1 amide bonds. The lowest BCUT2D eigenvalue weighted by Crippen LogP contribution is -2.22. The monoisotopic (exact) mass is 383 g/mol. The van der Waals surface area contributed by atoms with Crippen molar-refractivity contribution in [1.29, 1.82) is 0 Å². The highest BCUT2D eigenvalue weighted by Gasteiger charge is 2.36. The summed E-state index contributed by atoms with van der Waals surface area (Å²) in [6.07, 6.45) is 0.892. The molecule has 0 radical (unpaired) electrons. The highest BCUT2D eigenvalue weighted by molar-refractivity contribution is 6.32. The summed E-state index contributed by atoms with van der Waals surface area (Å²) in [7, 11) is 0. The number of hydrogen-bond donors (Lipinski definition) is 1. The van der Waals surface area contributed by atoms with E-state index in [9.17, 15) is 9.59 Å². The number of rotatable bonds is 4. The molecule has 0 bridgehead atoms. The van der Waals surface area contributed by atoms with E-state index in [1.54, 1.807) is 12.1 Å². The van der Waals surface area contributed by atoms with Gasteiger partial charge >= 0.3 is 0 Å². The van der Waals surface area contributed by atoms with Crippen LogP contribution in [0.25, 0.3) is 11.0 Å². The third kappa shape index (κ3) is 2.98. The number of carbonyl (C=O) groups excluding carboxylic acids is 1. The molecule has 0 aliphatic carbocycles. The number of ether oxygens (including phenoxy) is 1. The molecule has 138 valence electrons. The molecule has 3 aromatic rings. The number of aryl methyl sites for hydroxylation is 1. The van der Waals surface area contributed by atoms with Gasteiger partial charge in [-0.3, -0.25) is 9.59 Å². The van der Waals surface area contributed by atoms with Crippen molar-refractivity contribution in [3.05, 3.63) is 74.1 Å². The summed E-state index contributed by atoms with van der Waals surface area (Å²) in [5.74, 6) is 0.349.